The van der Waals surface area contributed by atoms with Gasteiger partial charge in [0.1, 0.15) is 6.10 Å². The van der Waals surface area contributed by atoms with Crippen molar-refractivity contribution < 1.29 is 24.5 Å². The fourth-order valence-electron chi connectivity index (χ4n) is 3.09. The number of hydrogen-bond acceptors (Lipinski definition) is 4. The molecule has 0 aromatic carbocycles. The van der Waals surface area contributed by atoms with Gasteiger partial charge < -0.3 is 20.3 Å². The molecule has 2 unspecified atom stereocenters. The molecule has 2 aliphatic rings. The number of nitrogens with one attached hydrogen (secondary N) is 1. The van der Waals surface area contributed by atoms with Crippen molar-refractivity contribution in [3.63, 3.8) is 0 Å². The van der Waals surface area contributed by atoms with Crippen molar-refractivity contribution in [2.24, 2.45) is 5.41 Å². The molecule has 0 bridgehead atoms. The molecule has 0 spiro atoms. The molecule has 114 valence electrons. The van der Waals surface area contributed by atoms with Crippen LogP contribution in [0.2, 0.25) is 0 Å². The highest BCUT2D eigenvalue weighted by atomic mass is 16.5. The molecule has 1 aliphatic heterocycles. The molecule has 2 fully saturated rings. The van der Waals surface area contributed by atoms with Crippen molar-refractivity contribution in [3.05, 3.63) is 0 Å². The predicted octanol–water partition coefficient (Wildman–Crippen LogP) is 0.678. The van der Waals surface area contributed by atoms with Crippen LogP contribution in [0.3, 0.4) is 0 Å². The summed E-state index contributed by atoms with van der Waals surface area (Å²) < 4.78 is 5.22. The lowest BCUT2D eigenvalue weighted by Gasteiger charge is -2.35. The number of amides is 1. The van der Waals surface area contributed by atoms with Gasteiger partial charge in [0.2, 0.25) is 5.91 Å². The van der Waals surface area contributed by atoms with E-state index in [1.807, 2.05) is 0 Å². The normalized spacial score (nSPS) is 29.1. The number of aliphatic hydroxyl groups is 1. The number of carbonyl (C=O) groups excluding carboxylic acids is 1. The zero-order valence-corrected chi connectivity index (χ0v) is 11.6. The van der Waals surface area contributed by atoms with E-state index in [-0.39, 0.29) is 17.9 Å². The molecule has 6 heteroatoms. The van der Waals surface area contributed by atoms with Crippen molar-refractivity contribution >= 4 is 11.9 Å². The van der Waals surface area contributed by atoms with Gasteiger partial charge in [0.25, 0.3) is 0 Å². The van der Waals surface area contributed by atoms with Gasteiger partial charge in [-0.15, -0.1) is 0 Å². The molecule has 20 heavy (non-hydrogen) atoms. The van der Waals surface area contributed by atoms with Gasteiger partial charge in [0.15, 0.2) is 6.10 Å². The van der Waals surface area contributed by atoms with Crippen molar-refractivity contribution in [1.29, 1.82) is 0 Å². The average molecular weight is 285 g/mol. The van der Waals surface area contributed by atoms with Crippen LogP contribution in [-0.4, -0.2) is 47.4 Å². The SMILES string of the molecule is O=C(O)C1CCC(C(=O)NCC2(CO)CCCCC2)O1. The van der Waals surface area contributed by atoms with Crippen LogP contribution >= 0.6 is 0 Å². The van der Waals surface area contributed by atoms with Gasteiger partial charge in [-0.1, -0.05) is 19.3 Å². The Morgan fingerprint density at radius 2 is 1.80 bits per heavy atom. The number of carboxylic acid groups (broad SMARTS) is 1. The molecule has 1 heterocycles. The van der Waals surface area contributed by atoms with E-state index in [0.717, 1.165) is 25.7 Å². The second-order valence-corrected chi connectivity index (χ2v) is 5.97. The van der Waals surface area contributed by atoms with E-state index < -0.39 is 18.2 Å². The third-order valence-corrected chi connectivity index (χ3v) is 4.47. The molecule has 2 atom stereocenters. The Morgan fingerprint density at radius 1 is 1.15 bits per heavy atom. The van der Waals surface area contributed by atoms with Crippen LogP contribution < -0.4 is 5.32 Å². The molecule has 6 nitrogen and oxygen atoms in total. The Balaban J connectivity index is 1.81. The van der Waals surface area contributed by atoms with Crippen LogP contribution in [0, 0.1) is 5.41 Å². The van der Waals surface area contributed by atoms with Crippen LogP contribution in [0.15, 0.2) is 0 Å². The Bertz CT molecular complexity index is 365. The van der Waals surface area contributed by atoms with Gasteiger partial charge in [-0.05, 0) is 25.7 Å². The molecule has 2 rings (SSSR count). The summed E-state index contributed by atoms with van der Waals surface area (Å²) in [6.45, 7) is 0.524. The minimum atomic E-state index is -1.01. The van der Waals surface area contributed by atoms with Gasteiger partial charge in [-0.2, -0.15) is 0 Å². The number of carboxylic acids is 1. The molecule has 1 saturated heterocycles. The summed E-state index contributed by atoms with van der Waals surface area (Å²) in [6, 6.07) is 0. The highest BCUT2D eigenvalue weighted by Gasteiger charge is 2.36. The first kappa shape index (κ1) is 15.3. The van der Waals surface area contributed by atoms with Crippen LogP contribution in [0.5, 0.6) is 0 Å². The second kappa shape index (κ2) is 6.54. The Kier molecular flexibility index (Phi) is 4.99. The fraction of sp³-hybridized carbons (Fsp3) is 0.857. The molecule has 0 aromatic rings. The smallest absolute Gasteiger partial charge is 0.332 e. The number of aliphatic carboxylic acids is 1. The van der Waals surface area contributed by atoms with E-state index in [9.17, 15) is 14.7 Å². The van der Waals surface area contributed by atoms with Crippen molar-refractivity contribution in [1.82, 2.24) is 5.32 Å². The molecule has 0 radical (unpaired) electrons. The van der Waals surface area contributed by atoms with E-state index >= 15 is 0 Å². The maximum absolute atomic E-state index is 12.0. The van der Waals surface area contributed by atoms with Gasteiger partial charge >= 0.3 is 5.97 Å². The van der Waals surface area contributed by atoms with Crippen LogP contribution in [0.25, 0.3) is 0 Å². The summed E-state index contributed by atoms with van der Waals surface area (Å²) in [5.74, 6) is -1.27. The lowest BCUT2D eigenvalue weighted by atomic mass is 9.74. The number of rotatable bonds is 5. The van der Waals surface area contributed by atoms with E-state index in [0.29, 0.717) is 19.4 Å². The van der Waals surface area contributed by atoms with Crippen LogP contribution in [0.4, 0.5) is 0 Å². The highest BCUT2D eigenvalue weighted by molar-refractivity contribution is 5.82. The van der Waals surface area contributed by atoms with Crippen molar-refractivity contribution in [2.75, 3.05) is 13.2 Å². The maximum Gasteiger partial charge on any atom is 0.332 e. The maximum atomic E-state index is 12.0. The van der Waals surface area contributed by atoms with Gasteiger partial charge in [-0.25, -0.2) is 4.79 Å². The fourth-order valence-corrected chi connectivity index (χ4v) is 3.09. The largest absolute Gasteiger partial charge is 0.479 e. The molecule has 0 aromatic heterocycles. The molecule has 1 amide bonds. The molecule has 3 N–H and O–H groups in total. The summed E-state index contributed by atoms with van der Waals surface area (Å²) in [4.78, 5) is 22.8. The summed E-state index contributed by atoms with van der Waals surface area (Å²) in [5, 5.41) is 21.2. The van der Waals surface area contributed by atoms with Gasteiger partial charge in [-0.3, -0.25) is 4.79 Å². The quantitative estimate of drug-likeness (QED) is 0.690. The monoisotopic (exact) mass is 285 g/mol. The van der Waals surface area contributed by atoms with Crippen LogP contribution in [0.1, 0.15) is 44.9 Å². The number of hydrogen-bond donors (Lipinski definition) is 3. The number of aliphatic hydroxyl groups excluding tert-OH is 1. The second-order valence-electron chi connectivity index (χ2n) is 5.97. The van der Waals surface area contributed by atoms with Crippen LogP contribution in [-0.2, 0) is 14.3 Å². The van der Waals surface area contributed by atoms with Gasteiger partial charge in [0.05, 0.1) is 6.61 Å². The lowest BCUT2D eigenvalue weighted by molar-refractivity contribution is -0.151. The topological polar surface area (TPSA) is 95.9 Å². The molecular weight excluding hydrogens is 262 g/mol. The van der Waals surface area contributed by atoms with Crippen molar-refractivity contribution in [3.8, 4) is 0 Å². The first-order valence-corrected chi connectivity index (χ1v) is 7.33. The summed E-state index contributed by atoms with van der Waals surface area (Å²) >= 11 is 0. The zero-order chi connectivity index (χ0) is 14.6. The Morgan fingerprint density at radius 3 is 2.35 bits per heavy atom. The minimum Gasteiger partial charge on any atom is -0.479 e. The summed E-state index contributed by atoms with van der Waals surface area (Å²) in [5.41, 5.74) is -0.210. The highest BCUT2D eigenvalue weighted by Crippen LogP contribution is 2.35. The van der Waals surface area contributed by atoms with Gasteiger partial charge in [0, 0.05) is 12.0 Å². The van der Waals surface area contributed by atoms with E-state index in [1.54, 1.807) is 0 Å². The summed E-state index contributed by atoms with van der Waals surface area (Å²) in [7, 11) is 0. The standard InChI is InChI=1S/C14H23NO5/c16-9-14(6-2-1-3-7-14)8-15-12(17)10-4-5-11(20-10)13(18)19/h10-11,16H,1-9H2,(H,15,17)(H,18,19). The Labute approximate surface area is 118 Å². The van der Waals surface area contributed by atoms with E-state index in [1.165, 1.54) is 6.42 Å². The number of ether oxygens (including phenoxy) is 1. The Hall–Kier alpha value is -1.14. The lowest BCUT2D eigenvalue weighted by Crippen LogP contribution is -2.44. The average Bonchev–Trinajstić information content (AvgIpc) is 2.96. The third-order valence-electron chi connectivity index (χ3n) is 4.47. The molecular formula is C14H23NO5. The minimum absolute atomic E-state index is 0.0799. The first-order chi connectivity index (χ1) is 9.56. The zero-order valence-electron chi connectivity index (χ0n) is 11.6. The van der Waals surface area contributed by atoms with Crippen molar-refractivity contribution in [2.45, 2.75) is 57.2 Å². The summed E-state index contributed by atoms with van der Waals surface area (Å²) in [6.07, 6.45) is 4.46. The number of carbonyl (C=O) groups is 2. The predicted molar refractivity (Wildman–Crippen MR) is 71.1 cm³/mol. The molecule has 1 saturated carbocycles. The first-order valence-electron chi connectivity index (χ1n) is 7.33. The molecule has 1 aliphatic carbocycles. The third kappa shape index (κ3) is 3.49. The van der Waals surface area contributed by atoms with E-state index in [2.05, 4.69) is 5.32 Å². The van der Waals surface area contributed by atoms with E-state index in [4.69, 9.17) is 9.84 Å².